The van der Waals surface area contributed by atoms with Crippen molar-refractivity contribution in [2.75, 3.05) is 6.61 Å². The molecular weight excluding hydrogens is 332 g/mol. The third kappa shape index (κ3) is 3.07. The third-order valence-electron chi connectivity index (χ3n) is 4.10. The van der Waals surface area contributed by atoms with Crippen molar-refractivity contribution in [1.29, 1.82) is 0 Å². The number of hydrogen-bond acceptors (Lipinski definition) is 5. The van der Waals surface area contributed by atoms with Gasteiger partial charge < -0.3 is 18.3 Å². The lowest BCUT2D eigenvalue weighted by atomic mass is 10.1. The fraction of sp³-hybridized carbons (Fsp3) is 0.200. The summed E-state index contributed by atoms with van der Waals surface area (Å²) in [6.07, 6.45) is 3.73. The Hall–Kier alpha value is -3.12. The second kappa shape index (κ2) is 7.01. The van der Waals surface area contributed by atoms with Crippen LogP contribution >= 0.6 is 0 Å². The molecule has 0 saturated heterocycles. The van der Waals surface area contributed by atoms with Crippen LogP contribution in [0, 0.1) is 0 Å². The van der Waals surface area contributed by atoms with Gasteiger partial charge in [-0.15, -0.1) is 0 Å². The van der Waals surface area contributed by atoms with Gasteiger partial charge in [0.2, 0.25) is 5.76 Å². The van der Waals surface area contributed by atoms with Crippen LogP contribution in [0.15, 0.2) is 59.3 Å². The van der Waals surface area contributed by atoms with Gasteiger partial charge >= 0.3 is 5.97 Å². The number of hydrogen-bond donors (Lipinski definition) is 0. The Labute approximate surface area is 150 Å². The Morgan fingerprint density at radius 3 is 2.85 bits per heavy atom. The van der Waals surface area contributed by atoms with Crippen LogP contribution in [0.25, 0.3) is 16.6 Å². The molecule has 0 spiro atoms. The summed E-state index contributed by atoms with van der Waals surface area (Å²) in [4.78, 5) is 17.0. The Morgan fingerprint density at radius 2 is 2.00 bits per heavy atom. The molecule has 0 saturated carbocycles. The Morgan fingerprint density at radius 1 is 1.15 bits per heavy atom. The maximum Gasteiger partial charge on any atom is 0.375 e. The summed E-state index contributed by atoms with van der Waals surface area (Å²) in [5, 5.41) is 0.862. The van der Waals surface area contributed by atoms with E-state index in [0.29, 0.717) is 30.1 Å². The van der Waals surface area contributed by atoms with Crippen LogP contribution in [0.2, 0.25) is 0 Å². The highest BCUT2D eigenvalue weighted by molar-refractivity contribution is 5.96. The molecule has 0 amide bonds. The first-order valence-corrected chi connectivity index (χ1v) is 8.44. The molecule has 132 valence electrons. The molecule has 4 rings (SSSR count). The van der Waals surface area contributed by atoms with Gasteiger partial charge in [-0.3, -0.25) is 0 Å². The van der Waals surface area contributed by atoms with E-state index in [4.69, 9.17) is 13.9 Å². The van der Waals surface area contributed by atoms with E-state index in [2.05, 4.69) is 4.98 Å². The first-order valence-electron chi connectivity index (χ1n) is 8.44. The van der Waals surface area contributed by atoms with Crippen molar-refractivity contribution in [3.05, 3.63) is 71.9 Å². The van der Waals surface area contributed by atoms with Gasteiger partial charge in [0.05, 0.1) is 12.3 Å². The first kappa shape index (κ1) is 16.4. The number of nitrogens with zero attached hydrogens (tertiary/aromatic N) is 2. The minimum Gasteiger partial charge on any atom is -0.453 e. The van der Waals surface area contributed by atoms with Gasteiger partial charge in [-0.1, -0.05) is 24.3 Å². The highest BCUT2D eigenvalue weighted by Crippen LogP contribution is 2.27. The van der Waals surface area contributed by atoms with Gasteiger partial charge in [0, 0.05) is 30.0 Å². The van der Waals surface area contributed by atoms with E-state index in [0.717, 1.165) is 11.0 Å². The number of ether oxygens (including phenoxy) is 2. The predicted molar refractivity (Wildman–Crippen MR) is 95.9 cm³/mol. The molecule has 0 fully saturated rings. The summed E-state index contributed by atoms with van der Waals surface area (Å²) in [6, 6.07) is 13.2. The smallest absolute Gasteiger partial charge is 0.375 e. The third-order valence-corrected chi connectivity index (χ3v) is 4.10. The number of rotatable bonds is 6. The van der Waals surface area contributed by atoms with Crippen molar-refractivity contribution < 1.29 is 18.7 Å². The van der Waals surface area contributed by atoms with Gasteiger partial charge in [0.1, 0.15) is 17.8 Å². The van der Waals surface area contributed by atoms with E-state index in [-0.39, 0.29) is 12.4 Å². The summed E-state index contributed by atoms with van der Waals surface area (Å²) >= 11 is 0. The number of fused-ring (bicyclic) bond motifs is 2. The molecule has 0 N–H and O–H groups in total. The standard InChI is InChI=1S/C20H18N2O4/c1-2-24-13-16-15-7-3-4-8-17(15)26-19(16)20(23)25-12-14-11-22-10-6-5-9-18(22)21-14/h3-11H,2,12-13H2,1H3. The maximum atomic E-state index is 12.6. The van der Waals surface area contributed by atoms with Crippen LogP contribution in [0.1, 0.15) is 28.7 Å². The molecule has 3 aromatic heterocycles. The zero-order chi connectivity index (χ0) is 17.9. The molecule has 0 bridgehead atoms. The van der Waals surface area contributed by atoms with Crippen LogP contribution < -0.4 is 0 Å². The molecule has 26 heavy (non-hydrogen) atoms. The summed E-state index contributed by atoms with van der Waals surface area (Å²) in [5.74, 6) is -0.337. The maximum absolute atomic E-state index is 12.6. The minimum absolute atomic E-state index is 0.0750. The largest absolute Gasteiger partial charge is 0.453 e. The van der Waals surface area contributed by atoms with Gasteiger partial charge in [0.25, 0.3) is 0 Å². The molecule has 6 nitrogen and oxygen atoms in total. The van der Waals surface area contributed by atoms with E-state index in [1.54, 1.807) is 0 Å². The first-order chi connectivity index (χ1) is 12.8. The number of carbonyl (C=O) groups excluding carboxylic acids is 1. The van der Waals surface area contributed by atoms with Crippen LogP contribution in [-0.2, 0) is 22.7 Å². The molecular formula is C20H18N2O4. The van der Waals surface area contributed by atoms with Crippen molar-refractivity contribution in [2.24, 2.45) is 0 Å². The normalized spacial score (nSPS) is 11.3. The van der Waals surface area contributed by atoms with E-state index >= 15 is 0 Å². The van der Waals surface area contributed by atoms with Gasteiger partial charge in [-0.25, -0.2) is 9.78 Å². The molecule has 0 unspecified atom stereocenters. The average molecular weight is 350 g/mol. The Bertz CT molecular complexity index is 1030. The zero-order valence-corrected chi connectivity index (χ0v) is 14.3. The molecule has 1 aromatic carbocycles. The predicted octanol–water partition coefficient (Wildman–Crippen LogP) is 3.97. The van der Waals surface area contributed by atoms with E-state index in [1.165, 1.54) is 0 Å². The summed E-state index contributed by atoms with van der Waals surface area (Å²) in [6.45, 7) is 2.83. The van der Waals surface area contributed by atoms with Crippen molar-refractivity contribution >= 4 is 22.6 Å². The van der Waals surface area contributed by atoms with Gasteiger partial charge in [-0.2, -0.15) is 0 Å². The fourth-order valence-corrected chi connectivity index (χ4v) is 2.87. The van der Waals surface area contributed by atoms with E-state index in [9.17, 15) is 4.79 Å². The molecule has 0 radical (unpaired) electrons. The van der Waals surface area contributed by atoms with Crippen LogP contribution in [0.3, 0.4) is 0 Å². The van der Waals surface area contributed by atoms with Crippen LogP contribution in [-0.4, -0.2) is 22.0 Å². The average Bonchev–Trinajstić information content (AvgIpc) is 3.25. The molecule has 0 aliphatic heterocycles. The fourth-order valence-electron chi connectivity index (χ4n) is 2.87. The minimum atomic E-state index is -0.520. The monoisotopic (exact) mass is 350 g/mol. The SMILES string of the molecule is CCOCc1c(C(=O)OCc2cn3ccccc3n2)oc2ccccc12. The molecule has 4 aromatic rings. The van der Waals surface area contributed by atoms with Crippen LogP contribution in [0.4, 0.5) is 0 Å². The van der Waals surface area contributed by atoms with Crippen molar-refractivity contribution in [3.8, 4) is 0 Å². The number of benzene rings is 1. The Balaban J connectivity index is 1.57. The topological polar surface area (TPSA) is 66.0 Å². The molecule has 6 heteroatoms. The highest BCUT2D eigenvalue weighted by Gasteiger charge is 2.22. The second-order valence-electron chi connectivity index (χ2n) is 5.82. The lowest BCUT2D eigenvalue weighted by Crippen LogP contribution is -2.07. The lowest BCUT2D eigenvalue weighted by molar-refractivity contribution is 0.0426. The lowest BCUT2D eigenvalue weighted by Gasteiger charge is -2.04. The van der Waals surface area contributed by atoms with E-state index < -0.39 is 5.97 Å². The van der Waals surface area contributed by atoms with Crippen molar-refractivity contribution in [2.45, 2.75) is 20.1 Å². The van der Waals surface area contributed by atoms with Crippen molar-refractivity contribution in [3.63, 3.8) is 0 Å². The second-order valence-corrected chi connectivity index (χ2v) is 5.82. The Kier molecular flexibility index (Phi) is 4.41. The number of aromatic nitrogens is 2. The number of para-hydroxylation sites is 1. The summed E-state index contributed by atoms with van der Waals surface area (Å²) in [5.41, 5.74) is 2.83. The van der Waals surface area contributed by atoms with Crippen LogP contribution in [0.5, 0.6) is 0 Å². The molecule has 0 aliphatic rings. The van der Waals surface area contributed by atoms with Gasteiger partial charge in [-0.05, 0) is 25.1 Å². The number of furan rings is 1. The molecule has 0 atom stereocenters. The molecule has 0 aliphatic carbocycles. The number of pyridine rings is 1. The zero-order valence-electron chi connectivity index (χ0n) is 14.3. The van der Waals surface area contributed by atoms with Gasteiger partial charge in [0.15, 0.2) is 0 Å². The number of imidazole rings is 1. The number of carbonyl (C=O) groups is 1. The highest BCUT2D eigenvalue weighted by atomic mass is 16.5. The van der Waals surface area contributed by atoms with E-state index in [1.807, 2.05) is 66.2 Å². The number of esters is 1. The molecule has 3 heterocycles. The van der Waals surface area contributed by atoms with Crippen molar-refractivity contribution in [1.82, 2.24) is 9.38 Å². The summed E-state index contributed by atoms with van der Waals surface area (Å²) < 4.78 is 18.5. The summed E-state index contributed by atoms with van der Waals surface area (Å²) in [7, 11) is 0. The quantitative estimate of drug-likeness (QED) is 0.492.